The van der Waals surface area contributed by atoms with Crippen LogP contribution in [0.4, 0.5) is 0 Å². The number of benzene rings is 2. The maximum atomic E-state index is 10.9. The van der Waals surface area contributed by atoms with Crippen LogP contribution in [-0.4, -0.2) is 30.0 Å². The van der Waals surface area contributed by atoms with E-state index in [0.29, 0.717) is 6.61 Å². The SMILES string of the molecule is CCc1cc(/C(C)=N/OCc2ccc(C3CCCCC3)c(C)c2)ccc1CN1CC(C=O)C1. The average Bonchev–Trinajstić information content (AvgIpc) is 2.81. The number of carbonyl (C=O) groups excluding carboxylic acids is 1. The molecule has 0 N–H and O–H groups in total. The number of aldehydes is 1. The van der Waals surface area contributed by atoms with E-state index in [1.165, 1.54) is 59.9 Å². The van der Waals surface area contributed by atoms with E-state index in [0.717, 1.165) is 49.5 Å². The Kier molecular flexibility index (Phi) is 7.97. The van der Waals surface area contributed by atoms with Crippen molar-refractivity contribution in [3.63, 3.8) is 0 Å². The van der Waals surface area contributed by atoms with Crippen LogP contribution in [0.1, 0.15) is 85.3 Å². The number of carbonyl (C=O) groups is 1. The first-order valence-corrected chi connectivity index (χ1v) is 12.6. The molecule has 1 saturated carbocycles. The third-order valence-electron chi connectivity index (χ3n) is 7.39. The molecule has 4 rings (SSSR count). The van der Waals surface area contributed by atoms with Crippen LogP contribution >= 0.6 is 0 Å². The number of nitrogens with zero attached hydrogens (tertiary/aromatic N) is 2. The molecule has 0 unspecified atom stereocenters. The van der Waals surface area contributed by atoms with Crippen LogP contribution in [0.5, 0.6) is 0 Å². The standard InChI is InChI=1S/C29H38N2O2/c1-4-25-15-27(11-12-28(25)18-31-16-24(17-31)19-32)22(3)30-33-20-23-10-13-29(21(2)14-23)26-8-6-5-7-9-26/h10-15,19,24,26H,4-9,16-18,20H2,1-3H3/b30-22+. The Hall–Kier alpha value is -2.46. The van der Waals surface area contributed by atoms with Crippen molar-refractivity contribution in [1.82, 2.24) is 4.90 Å². The summed E-state index contributed by atoms with van der Waals surface area (Å²) in [6, 6.07) is 13.4. The van der Waals surface area contributed by atoms with Crippen molar-refractivity contribution >= 4 is 12.0 Å². The van der Waals surface area contributed by atoms with Crippen LogP contribution in [0, 0.1) is 12.8 Å². The fourth-order valence-electron chi connectivity index (χ4n) is 5.36. The van der Waals surface area contributed by atoms with Crippen LogP contribution in [0.3, 0.4) is 0 Å². The minimum atomic E-state index is 0.216. The smallest absolute Gasteiger partial charge is 0.142 e. The van der Waals surface area contributed by atoms with E-state index in [-0.39, 0.29) is 5.92 Å². The molecule has 176 valence electrons. The van der Waals surface area contributed by atoms with E-state index in [2.05, 4.69) is 60.3 Å². The van der Waals surface area contributed by atoms with E-state index >= 15 is 0 Å². The van der Waals surface area contributed by atoms with Crippen molar-refractivity contribution < 1.29 is 9.63 Å². The molecule has 0 radical (unpaired) electrons. The molecule has 1 aliphatic heterocycles. The lowest BCUT2D eigenvalue weighted by molar-refractivity contribution is -0.115. The molecule has 33 heavy (non-hydrogen) atoms. The summed E-state index contributed by atoms with van der Waals surface area (Å²) >= 11 is 0. The highest BCUT2D eigenvalue weighted by atomic mass is 16.6. The summed E-state index contributed by atoms with van der Waals surface area (Å²) in [6.45, 7) is 9.60. The molecule has 1 aliphatic carbocycles. The van der Waals surface area contributed by atoms with Gasteiger partial charge in [0.1, 0.15) is 12.9 Å². The van der Waals surface area contributed by atoms with Gasteiger partial charge in [-0.3, -0.25) is 4.90 Å². The molecule has 4 nitrogen and oxygen atoms in total. The van der Waals surface area contributed by atoms with Crippen molar-refractivity contribution in [2.45, 2.75) is 78.4 Å². The topological polar surface area (TPSA) is 41.9 Å². The minimum absolute atomic E-state index is 0.216. The summed E-state index contributed by atoms with van der Waals surface area (Å²) in [4.78, 5) is 18.9. The molecule has 0 amide bonds. The van der Waals surface area contributed by atoms with Gasteiger partial charge in [-0.15, -0.1) is 0 Å². The monoisotopic (exact) mass is 446 g/mol. The second kappa shape index (κ2) is 11.1. The van der Waals surface area contributed by atoms with E-state index in [1.807, 2.05) is 6.92 Å². The van der Waals surface area contributed by atoms with Gasteiger partial charge in [0.25, 0.3) is 0 Å². The highest BCUT2D eigenvalue weighted by Crippen LogP contribution is 2.34. The van der Waals surface area contributed by atoms with Crippen LogP contribution in [-0.2, 0) is 29.2 Å². The van der Waals surface area contributed by atoms with Crippen LogP contribution < -0.4 is 0 Å². The van der Waals surface area contributed by atoms with Crippen molar-refractivity contribution in [2.75, 3.05) is 13.1 Å². The molecule has 2 aliphatic rings. The lowest BCUT2D eigenvalue weighted by Crippen LogP contribution is -2.46. The maximum Gasteiger partial charge on any atom is 0.142 e. The Balaban J connectivity index is 1.34. The van der Waals surface area contributed by atoms with Crippen LogP contribution in [0.25, 0.3) is 0 Å². The second-order valence-corrected chi connectivity index (χ2v) is 9.90. The van der Waals surface area contributed by atoms with Gasteiger partial charge in [-0.25, -0.2) is 0 Å². The third-order valence-corrected chi connectivity index (χ3v) is 7.39. The largest absolute Gasteiger partial charge is 0.391 e. The number of hydrogen-bond donors (Lipinski definition) is 0. The Bertz CT molecular complexity index is 985. The average molecular weight is 447 g/mol. The predicted octanol–water partition coefficient (Wildman–Crippen LogP) is 6.18. The van der Waals surface area contributed by atoms with Crippen molar-refractivity contribution in [2.24, 2.45) is 11.1 Å². The number of oxime groups is 1. The molecule has 1 heterocycles. The summed E-state index contributed by atoms with van der Waals surface area (Å²) in [5.74, 6) is 0.949. The van der Waals surface area contributed by atoms with Gasteiger partial charge in [-0.2, -0.15) is 0 Å². The van der Waals surface area contributed by atoms with Gasteiger partial charge in [0, 0.05) is 25.6 Å². The zero-order chi connectivity index (χ0) is 23.2. The molecule has 0 spiro atoms. The molecular weight excluding hydrogens is 408 g/mol. The van der Waals surface area contributed by atoms with Gasteiger partial charge in [-0.1, -0.05) is 61.7 Å². The van der Waals surface area contributed by atoms with Gasteiger partial charge < -0.3 is 9.63 Å². The number of aryl methyl sites for hydroxylation is 2. The zero-order valence-corrected chi connectivity index (χ0v) is 20.5. The first kappa shape index (κ1) is 23.7. The van der Waals surface area contributed by atoms with Crippen molar-refractivity contribution in [1.29, 1.82) is 0 Å². The lowest BCUT2D eigenvalue weighted by atomic mass is 9.82. The predicted molar refractivity (Wildman–Crippen MR) is 135 cm³/mol. The quantitative estimate of drug-likeness (QED) is 0.262. The van der Waals surface area contributed by atoms with Gasteiger partial charge in [0.2, 0.25) is 0 Å². The Morgan fingerprint density at radius 1 is 1.09 bits per heavy atom. The van der Waals surface area contributed by atoms with E-state index in [9.17, 15) is 4.79 Å². The highest BCUT2D eigenvalue weighted by Gasteiger charge is 2.26. The summed E-state index contributed by atoms with van der Waals surface area (Å²) in [7, 11) is 0. The highest BCUT2D eigenvalue weighted by molar-refractivity contribution is 5.98. The van der Waals surface area contributed by atoms with Crippen molar-refractivity contribution in [3.05, 3.63) is 69.8 Å². The van der Waals surface area contributed by atoms with Gasteiger partial charge in [-0.05, 0) is 78.5 Å². The summed E-state index contributed by atoms with van der Waals surface area (Å²) in [5, 5.41) is 4.41. The number of rotatable bonds is 9. The summed E-state index contributed by atoms with van der Waals surface area (Å²) in [6.07, 6.45) is 8.83. The van der Waals surface area contributed by atoms with Crippen LogP contribution in [0.15, 0.2) is 41.6 Å². The van der Waals surface area contributed by atoms with Gasteiger partial charge >= 0.3 is 0 Å². The summed E-state index contributed by atoms with van der Waals surface area (Å²) in [5.41, 5.74) is 8.76. The Morgan fingerprint density at radius 3 is 2.58 bits per heavy atom. The molecule has 0 bridgehead atoms. The fraction of sp³-hybridized carbons (Fsp3) is 0.517. The number of hydrogen-bond acceptors (Lipinski definition) is 4. The number of likely N-dealkylation sites (tertiary alicyclic amines) is 1. The molecular formula is C29H38N2O2. The molecule has 2 fully saturated rings. The third kappa shape index (κ3) is 5.92. The molecule has 1 saturated heterocycles. The molecule has 0 aromatic heterocycles. The first-order chi connectivity index (χ1) is 16.1. The summed E-state index contributed by atoms with van der Waals surface area (Å²) < 4.78 is 0. The normalized spacial score (nSPS) is 18.2. The van der Waals surface area contributed by atoms with E-state index in [1.54, 1.807) is 0 Å². The second-order valence-electron chi connectivity index (χ2n) is 9.90. The van der Waals surface area contributed by atoms with Crippen molar-refractivity contribution in [3.8, 4) is 0 Å². The molecule has 0 atom stereocenters. The molecule has 4 heteroatoms. The lowest BCUT2D eigenvalue weighted by Gasteiger charge is -2.36. The minimum Gasteiger partial charge on any atom is -0.391 e. The van der Waals surface area contributed by atoms with E-state index in [4.69, 9.17) is 4.84 Å². The maximum absolute atomic E-state index is 10.9. The molecule has 2 aromatic carbocycles. The van der Waals surface area contributed by atoms with Gasteiger partial charge in [0.05, 0.1) is 5.71 Å². The Morgan fingerprint density at radius 2 is 1.88 bits per heavy atom. The zero-order valence-electron chi connectivity index (χ0n) is 20.5. The van der Waals surface area contributed by atoms with E-state index < -0.39 is 0 Å². The fourth-order valence-corrected chi connectivity index (χ4v) is 5.36. The van der Waals surface area contributed by atoms with Gasteiger partial charge in [0.15, 0.2) is 0 Å². The first-order valence-electron chi connectivity index (χ1n) is 12.6. The Labute approximate surface area is 199 Å². The van der Waals surface area contributed by atoms with Crippen LogP contribution in [0.2, 0.25) is 0 Å². The molecule has 2 aromatic rings.